The van der Waals surface area contributed by atoms with Gasteiger partial charge >= 0.3 is 6.18 Å². The molecule has 0 radical (unpaired) electrons. The molecule has 0 bridgehead atoms. The van der Waals surface area contributed by atoms with E-state index < -0.39 is 17.7 Å². The summed E-state index contributed by atoms with van der Waals surface area (Å²) in [5.41, 5.74) is -0.316. The number of halogens is 4. The van der Waals surface area contributed by atoms with Gasteiger partial charge in [0.15, 0.2) is 5.58 Å². The molecule has 2 aromatic heterocycles. The van der Waals surface area contributed by atoms with Gasteiger partial charge in [0.25, 0.3) is 0 Å². The monoisotopic (exact) mass is 326 g/mol. The summed E-state index contributed by atoms with van der Waals surface area (Å²) in [6.07, 6.45) is -3.51. The van der Waals surface area contributed by atoms with Gasteiger partial charge in [-0.15, -0.1) is 0 Å². The summed E-state index contributed by atoms with van der Waals surface area (Å²) in [5.74, 6) is -0.562. The molecule has 0 saturated heterocycles. The van der Waals surface area contributed by atoms with Crippen molar-refractivity contribution in [3.05, 3.63) is 47.7 Å². The quantitative estimate of drug-likeness (QED) is 0.690. The van der Waals surface area contributed by atoms with E-state index in [1.54, 1.807) is 0 Å². The molecule has 0 amide bonds. The second-order valence-corrected chi connectivity index (χ2v) is 4.87. The van der Waals surface area contributed by atoms with Crippen LogP contribution >= 0.6 is 0 Å². The first kappa shape index (κ1) is 15.2. The van der Waals surface area contributed by atoms with E-state index >= 15 is 0 Å². The van der Waals surface area contributed by atoms with Gasteiger partial charge in [-0.3, -0.25) is 0 Å². The van der Waals surface area contributed by atoms with Gasteiger partial charge in [0.05, 0.1) is 6.54 Å². The minimum absolute atomic E-state index is 0.0990. The minimum Gasteiger partial charge on any atom is -0.356 e. The summed E-state index contributed by atoms with van der Waals surface area (Å²) < 4.78 is 56.2. The first-order valence-corrected chi connectivity index (χ1v) is 6.50. The van der Waals surface area contributed by atoms with Crippen LogP contribution in [-0.2, 0) is 12.7 Å². The topological polar surface area (TPSA) is 55.1 Å². The molecule has 0 unspecified atom stereocenters. The predicted octanol–water partition coefficient (Wildman–Crippen LogP) is 3.41. The van der Waals surface area contributed by atoms with Crippen LogP contribution in [0.25, 0.3) is 11.0 Å². The Morgan fingerprint density at radius 2 is 2.00 bits per heavy atom. The molecule has 23 heavy (non-hydrogen) atoms. The Kier molecular flexibility index (Phi) is 3.63. The van der Waals surface area contributed by atoms with E-state index in [0.29, 0.717) is 11.1 Å². The van der Waals surface area contributed by atoms with Crippen LogP contribution in [0.3, 0.4) is 0 Å². The maximum atomic E-state index is 13.1. The van der Waals surface area contributed by atoms with Crippen LogP contribution in [0, 0.1) is 5.82 Å². The highest BCUT2D eigenvalue weighted by molar-refractivity contribution is 5.79. The predicted molar refractivity (Wildman–Crippen MR) is 73.1 cm³/mol. The van der Waals surface area contributed by atoms with E-state index in [2.05, 4.69) is 15.1 Å². The number of fused-ring (bicyclic) bond motifs is 1. The average molecular weight is 326 g/mol. The van der Waals surface area contributed by atoms with Gasteiger partial charge < -0.3 is 9.42 Å². The number of nitrogens with zero attached hydrogens (tertiary/aromatic N) is 4. The van der Waals surface area contributed by atoms with E-state index in [4.69, 9.17) is 4.52 Å². The third-order valence-corrected chi connectivity index (χ3v) is 3.17. The highest BCUT2D eigenvalue weighted by atomic mass is 19.4. The Balaban J connectivity index is 1.87. The zero-order valence-corrected chi connectivity index (χ0v) is 11.8. The Morgan fingerprint density at radius 1 is 1.22 bits per heavy atom. The molecule has 2 heterocycles. The van der Waals surface area contributed by atoms with Crippen LogP contribution in [0.5, 0.6) is 0 Å². The SMILES string of the molecule is CN(Cc1noc2cc(F)ccc12)c1nccc(C(F)(F)F)n1. The van der Waals surface area contributed by atoms with Gasteiger partial charge in [-0.25, -0.2) is 14.4 Å². The molecule has 120 valence electrons. The molecule has 5 nitrogen and oxygen atoms in total. The van der Waals surface area contributed by atoms with Crippen LogP contribution in [0.2, 0.25) is 0 Å². The fourth-order valence-corrected chi connectivity index (χ4v) is 2.06. The maximum absolute atomic E-state index is 13.1. The van der Waals surface area contributed by atoms with Crippen LogP contribution in [0.15, 0.2) is 35.0 Å². The van der Waals surface area contributed by atoms with Crippen molar-refractivity contribution in [2.75, 3.05) is 11.9 Å². The first-order valence-electron chi connectivity index (χ1n) is 6.50. The summed E-state index contributed by atoms with van der Waals surface area (Å²) in [5, 5.41) is 4.39. The number of alkyl halides is 3. The Morgan fingerprint density at radius 3 is 2.74 bits per heavy atom. The molecule has 9 heteroatoms. The van der Waals surface area contributed by atoms with Crippen molar-refractivity contribution in [2.24, 2.45) is 0 Å². The van der Waals surface area contributed by atoms with Crippen molar-refractivity contribution in [2.45, 2.75) is 12.7 Å². The third kappa shape index (κ3) is 3.08. The summed E-state index contributed by atoms with van der Waals surface area (Å²) in [6.45, 7) is 0.111. The van der Waals surface area contributed by atoms with Crippen molar-refractivity contribution >= 4 is 16.9 Å². The Bertz CT molecular complexity index is 846. The molecule has 3 rings (SSSR count). The number of aromatic nitrogens is 3. The van der Waals surface area contributed by atoms with Crippen molar-refractivity contribution < 1.29 is 22.1 Å². The molecule has 0 fully saturated rings. The van der Waals surface area contributed by atoms with Crippen LogP contribution in [-0.4, -0.2) is 22.2 Å². The molecule has 0 aliphatic carbocycles. The van der Waals surface area contributed by atoms with Gasteiger partial charge in [0.1, 0.15) is 17.2 Å². The maximum Gasteiger partial charge on any atom is 0.433 e. The molecule has 0 aliphatic rings. The number of rotatable bonds is 3. The largest absolute Gasteiger partial charge is 0.433 e. The lowest BCUT2D eigenvalue weighted by molar-refractivity contribution is -0.141. The first-order chi connectivity index (χ1) is 10.8. The highest BCUT2D eigenvalue weighted by Gasteiger charge is 2.33. The van der Waals surface area contributed by atoms with Crippen LogP contribution in [0.4, 0.5) is 23.5 Å². The lowest BCUT2D eigenvalue weighted by atomic mass is 10.2. The van der Waals surface area contributed by atoms with E-state index in [0.717, 1.165) is 12.3 Å². The lowest BCUT2D eigenvalue weighted by Gasteiger charge is -2.16. The van der Waals surface area contributed by atoms with E-state index in [9.17, 15) is 17.6 Å². The molecule has 0 saturated carbocycles. The zero-order valence-electron chi connectivity index (χ0n) is 11.8. The van der Waals surface area contributed by atoms with E-state index in [-0.39, 0.29) is 18.1 Å². The molecular formula is C14H10F4N4O. The summed E-state index contributed by atoms with van der Waals surface area (Å²) in [7, 11) is 1.53. The van der Waals surface area contributed by atoms with Gasteiger partial charge in [0.2, 0.25) is 5.95 Å². The van der Waals surface area contributed by atoms with Crippen LogP contribution in [0.1, 0.15) is 11.4 Å². The van der Waals surface area contributed by atoms with Gasteiger partial charge in [-0.2, -0.15) is 13.2 Å². The smallest absolute Gasteiger partial charge is 0.356 e. The van der Waals surface area contributed by atoms with E-state index in [1.807, 2.05) is 0 Å². The molecule has 0 aliphatic heterocycles. The number of hydrogen-bond acceptors (Lipinski definition) is 5. The Labute approximate surface area is 127 Å². The van der Waals surface area contributed by atoms with E-state index in [1.165, 1.54) is 30.1 Å². The number of anilines is 1. The third-order valence-electron chi connectivity index (χ3n) is 3.17. The molecule has 0 N–H and O–H groups in total. The molecule has 0 spiro atoms. The fraction of sp³-hybridized carbons (Fsp3) is 0.214. The molecular weight excluding hydrogens is 316 g/mol. The number of benzene rings is 1. The van der Waals surface area contributed by atoms with Crippen molar-refractivity contribution in [3.8, 4) is 0 Å². The molecule has 1 aromatic carbocycles. The second-order valence-electron chi connectivity index (χ2n) is 4.87. The fourth-order valence-electron chi connectivity index (χ4n) is 2.06. The summed E-state index contributed by atoms with van der Waals surface area (Å²) >= 11 is 0. The standard InChI is InChI=1S/C14H10F4N4O/c1-22(13-19-5-4-12(20-13)14(16,17)18)7-10-9-3-2-8(15)6-11(9)23-21-10/h2-6H,7H2,1H3. The summed E-state index contributed by atoms with van der Waals surface area (Å²) in [4.78, 5) is 8.71. The normalized spacial score (nSPS) is 11.9. The van der Waals surface area contributed by atoms with Gasteiger partial charge in [-0.1, -0.05) is 5.16 Å². The van der Waals surface area contributed by atoms with Crippen molar-refractivity contribution in [1.82, 2.24) is 15.1 Å². The van der Waals surface area contributed by atoms with Crippen LogP contribution < -0.4 is 4.90 Å². The highest BCUT2D eigenvalue weighted by Crippen LogP contribution is 2.28. The lowest BCUT2D eigenvalue weighted by Crippen LogP contribution is -2.21. The van der Waals surface area contributed by atoms with Crippen molar-refractivity contribution in [3.63, 3.8) is 0 Å². The Hall–Kier alpha value is -2.71. The average Bonchev–Trinajstić information content (AvgIpc) is 2.88. The van der Waals surface area contributed by atoms with Crippen molar-refractivity contribution in [1.29, 1.82) is 0 Å². The minimum atomic E-state index is -4.54. The van der Waals surface area contributed by atoms with Gasteiger partial charge in [-0.05, 0) is 18.2 Å². The molecule has 3 aromatic rings. The molecule has 0 atom stereocenters. The second kappa shape index (κ2) is 5.49. The van der Waals surface area contributed by atoms with Gasteiger partial charge in [0, 0.05) is 24.7 Å². The number of hydrogen-bond donors (Lipinski definition) is 0. The zero-order chi connectivity index (χ0) is 16.6. The summed E-state index contributed by atoms with van der Waals surface area (Å²) in [6, 6.07) is 4.74.